The Kier molecular flexibility index (Phi) is 7.39. The number of carbonyl (C=O) groups excluding carboxylic acids is 1. The number of hydrogen-bond donors (Lipinski definition) is 2. The van der Waals surface area contributed by atoms with Gasteiger partial charge in [-0.1, -0.05) is 13.8 Å². The lowest BCUT2D eigenvalue weighted by Gasteiger charge is -2.31. The van der Waals surface area contributed by atoms with Crippen molar-refractivity contribution in [3.8, 4) is 0 Å². The molecular formula is C15H30N2O2. The van der Waals surface area contributed by atoms with Gasteiger partial charge in [-0.2, -0.15) is 0 Å². The van der Waals surface area contributed by atoms with Crippen LogP contribution in [-0.2, 0) is 4.79 Å². The molecule has 0 radical (unpaired) electrons. The molecule has 19 heavy (non-hydrogen) atoms. The Morgan fingerprint density at radius 1 is 1.32 bits per heavy atom. The Balaban J connectivity index is 2.30. The van der Waals surface area contributed by atoms with E-state index < -0.39 is 0 Å². The van der Waals surface area contributed by atoms with E-state index in [9.17, 15) is 4.79 Å². The van der Waals surface area contributed by atoms with Crippen molar-refractivity contribution in [2.24, 2.45) is 23.5 Å². The Morgan fingerprint density at radius 3 is 2.42 bits per heavy atom. The van der Waals surface area contributed by atoms with E-state index >= 15 is 0 Å². The van der Waals surface area contributed by atoms with Gasteiger partial charge in [-0.3, -0.25) is 4.79 Å². The third-order valence-electron chi connectivity index (χ3n) is 4.43. The number of likely N-dealkylation sites (tertiary alicyclic amines) is 1. The fourth-order valence-electron chi connectivity index (χ4n) is 2.86. The summed E-state index contributed by atoms with van der Waals surface area (Å²) in [5.41, 5.74) is 5.63. The van der Waals surface area contributed by atoms with Crippen LogP contribution in [0.4, 0.5) is 0 Å². The number of hydrogen-bond acceptors (Lipinski definition) is 3. The van der Waals surface area contributed by atoms with Crippen LogP contribution in [0, 0.1) is 17.8 Å². The number of nitrogens with zero attached hydrogens (tertiary/aromatic N) is 1. The zero-order chi connectivity index (χ0) is 14.3. The molecule has 0 bridgehead atoms. The molecule has 3 N–H and O–H groups in total. The van der Waals surface area contributed by atoms with E-state index in [4.69, 9.17) is 10.8 Å². The first-order chi connectivity index (χ1) is 9.08. The lowest BCUT2D eigenvalue weighted by molar-refractivity contribution is -0.133. The minimum Gasteiger partial charge on any atom is -0.396 e. The summed E-state index contributed by atoms with van der Waals surface area (Å²) < 4.78 is 0. The largest absolute Gasteiger partial charge is 0.396 e. The molecule has 1 atom stereocenters. The molecule has 1 rings (SSSR count). The smallest absolute Gasteiger partial charge is 0.222 e. The molecule has 1 aliphatic rings. The number of rotatable bonds is 7. The number of carbonyl (C=O) groups is 1. The third-order valence-corrected chi connectivity index (χ3v) is 4.43. The minimum atomic E-state index is 0.258. The van der Waals surface area contributed by atoms with Crippen LogP contribution in [0.2, 0.25) is 0 Å². The fraction of sp³-hybridized carbons (Fsp3) is 0.933. The molecule has 4 heteroatoms. The summed E-state index contributed by atoms with van der Waals surface area (Å²) in [5, 5.41) is 9.10. The number of aliphatic hydroxyl groups excluding tert-OH is 1. The second-order valence-electron chi connectivity index (χ2n) is 6.13. The zero-order valence-electron chi connectivity index (χ0n) is 12.5. The molecule has 0 aromatic rings. The maximum absolute atomic E-state index is 12.2. The zero-order valence-corrected chi connectivity index (χ0v) is 12.5. The molecular weight excluding hydrogens is 240 g/mol. The monoisotopic (exact) mass is 270 g/mol. The molecule has 0 aromatic carbocycles. The molecule has 1 heterocycles. The molecule has 1 amide bonds. The van der Waals surface area contributed by atoms with Gasteiger partial charge in [0.15, 0.2) is 0 Å². The third kappa shape index (κ3) is 5.49. The van der Waals surface area contributed by atoms with Gasteiger partial charge >= 0.3 is 0 Å². The molecule has 1 fully saturated rings. The highest BCUT2D eigenvalue weighted by Crippen LogP contribution is 2.22. The van der Waals surface area contributed by atoms with Gasteiger partial charge in [0.1, 0.15) is 0 Å². The summed E-state index contributed by atoms with van der Waals surface area (Å²) in [6.07, 6.45) is 4.50. The van der Waals surface area contributed by atoms with Crippen molar-refractivity contribution in [2.75, 3.05) is 26.2 Å². The highest BCUT2D eigenvalue weighted by atomic mass is 16.3. The molecule has 0 aliphatic carbocycles. The quantitative estimate of drug-likeness (QED) is 0.739. The molecule has 0 saturated carbocycles. The molecule has 4 nitrogen and oxygen atoms in total. The van der Waals surface area contributed by atoms with Crippen molar-refractivity contribution < 1.29 is 9.90 Å². The lowest BCUT2D eigenvalue weighted by Crippen LogP contribution is -2.39. The van der Waals surface area contributed by atoms with Gasteiger partial charge < -0.3 is 15.7 Å². The van der Waals surface area contributed by atoms with Crippen LogP contribution in [-0.4, -0.2) is 42.2 Å². The van der Waals surface area contributed by atoms with Gasteiger partial charge in [-0.15, -0.1) is 0 Å². The first-order valence-electron chi connectivity index (χ1n) is 7.67. The standard InChI is InChI=1S/C15H30N2O2/c1-12(2)14(5-8-16)3-4-15(19)17-9-6-13(11-18)7-10-17/h12-14,18H,3-11,16H2,1-2H3. The lowest BCUT2D eigenvalue weighted by atomic mass is 9.88. The van der Waals surface area contributed by atoms with Crippen LogP contribution < -0.4 is 5.73 Å². The van der Waals surface area contributed by atoms with Crippen molar-refractivity contribution in [1.29, 1.82) is 0 Å². The summed E-state index contributed by atoms with van der Waals surface area (Å²) in [7, 11) is 0. The number of piperidine rings is 1. The summed E-state index contributed by atoms with van der Waals surface area (Å²) >= 11 is 0. The van der Waals surface area contributed by atoms with E-state index in [0.717, 1.165) is 38.8 Å². The normalized spacial score (nSPS) is 18.9. The average Bonchev–Trinajstić information content (AvgIpc) is 2.42. The van der Waals surface area contributed by atoms with Crippen molar-refractivity contribution in [1.82, 2.24) is 4.90 Å². The first-order valence-corrected chi connectivity index (χ1v) is 7.67. The van der Waals surface area contributed by atoms with Crippen molar-refractivity contribution in [3.05, 3.63) is 0 Å². The van der Waals surface area contributed by atoms with Gasteiger partial charge in [-0.05, 0) is 50.0 Å². The fourth-order valence-corrected chi connectivity index (χ4v) is 2.86. The van der Waals surface area contributed by atoms with Crippen molar-refractivity contribution in [2.45, 2.75) is 46.0 Å². The average molecular weight is 270 g/mol. The van der Waals surface area contributed by atoms with E-state index in [1.54, 1.807) is 0 Å². The Hall–Kier alpha value is -0.610. The Morgan fingerprint density at radius 2 is 1.95 bits per heavy atom. The predicted molar refractivity (Wildman–Crippen MR) is 77.6 cm³/mol. The highest BCUT2D eigenvalue weighted by molar-refractivity contribution is 5.76. The summed E-state index contributed by atoms with van der Waals surface area (Å²) in [4.78, 5) is 14.1. The highest BCUT2D eigenvalue weighted by Gasteiger charge is 2.23. The maximum Gasteiger partial charge on any atom is 0.222 e. The predicted octanol–water partition coefficient (Wildman–Crippen LogP) is 1.62. The summed E-state index contributed by atoms with van der Waals surface area (Å²) in [6.45, 7) is 7.00. The van der Waals surface area contributed by atoms with Crippen LogP contribution in [0.1, 0.15) is 46.0 Å². The number of aliphatic hydroxyl groups is 1. The Bertz CT molecular complexity index is 261. The molecule has 112 valence electrons. The van der Waals surface area contributed by atoms with Crippen LogP contribution in [0.5, 0.6) is 0 Å². The summed E-state index contributed by atoms with van der Waals surface area (Å²) in [6, 6.07) is 0. The van der Waals surface area contributed by atoms with Gasteiger partial charge in [0, 0.05) is 26.1 Å². The van der Waals surface area contributed by atoms with E-state index in [-0.39, 0.29) is 12.5 Å². The van der Waals surface area contributed by atoms with E-state index in [2.05, 4.69) is 13.8 Å². The van der Waals surface area contributed by atoms with Crippen LogP contribution in [0.3, 0.4) is 0 Å². The molecule has 1 aliphatic heterocycles. The summed E-state index contributed by atoms with van der Waals surface area (Å²) in [5.74, 6) is 1.82. The van der Waals surface area contributed by atoms with Crippen LogP contribution in [0.15, 0.2) is 0 Å². The second kappa shape index (κ2) is 8.54. The van der Waals surface area contributed by atoms with Crippen LogP contribution >= 0.6 is 0 Å². The van der Waals surface area contributed by atoms with Gasteiger partial charge in [0.05, 0.1) is 0 Å². The number of amides is 1. The first kappa shape index (κ1) is 16.4. The van der Waals surface area contributed by atoms with E-state index in [0.29, 0.717) is 30.7 Å². The van der Waals surface area contributed by atoms with Gasteiger partial charge in [0.25, 0.3) is 0 Å². The van der Waals surface area contributed by atoms with Gasteiger partial charge in [0.2, 0.25) is 5.91 Å². The van der Waals surface area contributed by atoms with Crippen LogP contribution in [0.25, 0.3) is 0 Å². The second-order valence-corrected chi connectivity index (χ2v) is 6.13. The molecule has 0 spiro atoms. The SMILES string of the molecule is CC(C)C(CCN)CCC(=O)N1CCC(CO)CC1. The minimum absolute atomic E-state index is 0.258. The molecule has 1 saturated heterocycles. The van der Waals surface area contributed by atoms with E-state index in [1.807, 2.05) is 4.90 Å². The Labute approximate surface area is 117 Å². The number of nitrogens with two attached hydrogens (primary N) is 1. The van der Waals surface area contributed by atoms with Crippen molar-refractivity contribution in [3.63, 3.8) is 0 Å². The topological polar surface area (TPSA) is 66.6 Å². The molecule has 0 aromatic heterocycles. The van der Waals surface area contributed by atoms with Crippen molar-refractivity contribution >= 4 is 5.91 Å². The maximum atomic E-state index is 12.2. The molecule has 1 unspecified atom stereocenters. The van der Waals surface area contributed by atoms with E-state index in [1.165, 1.54) is 0 Å². The van der Waals surface area contributed by atoms with Gasteiger partial charge in [-0.25, -0.2) is 0 Å².